The van der Waals surface area contributed by atoms with Gasteiger partial charge in [0.05, 0.1) is 39.7 Å². The first-order chi connectivity index (χ1) is 12.8. The first kappa shape index (κ1) is 23.3. The number of guanidine groups is 1. The van der Waals surface area contributed by atoms with Crippen LogP contribution in [0.2, 0.25) is 0 Å². The Bertz CT molecular complexity index is 633. The molecule has 3 N–H and O–H groups in total. The molecule has 7 nitrogen and oxygen atoms in total. The van der Waals surface area contributed by atoms with Gasteiger partial charge in [-0.3, -0.25) is 0 Å². The topological polar surface area (TPSA) is 88.2 Å². The van der Waals surface area contributed by atoms with Gasteiger partial charge in [0.25, 0.3) is 0 Å². The number of rotatable bonds is 11. The number of ether oxygens (including phenoxy) is 2. The van der Waals surface area contributed by atoms with Gasteiger partial charge in [0, 0.05) is 19.5 Å². The minimum Gasteiger partial charge on any atom is -0.497 e. The molecule has 8 heteroatoms. The molecule has 27 heavy (non-hydrogen) atoms. The van der Waals surface area contributed by atoms with Crippen LogP contribution in [0.5, 0.6) is 5.75 Å². The Hall–Kier alpha value is -1.78. The molecular formula is C19H28IN3O4. The number of furan rings is 1. The van der Waals surface area contributed by atoms with Gasteiger partial charge in [-0.1, -0.05) is 12.1 Å². The third-order valence-corrected chi connectivity index (χ3v) is 3.60. The Kier molecular flexibility index (Phi) is 12.3. The second-order valence-corrected chi connectivity index (χ2v) is 5.53. The van der Waals surface area contributed by atoms with Gasteiger partial charge < -0.3 is 29.6 Å². The van der Waals surface area contributed by atoms with Crippen LogP contribution in [0.15, 0.2) is 52.1 Å². The first-order valence-corrected chi connectivity index (χ1v) is 8.68. The smallest absolute Gasteiger partial charge is 0.191 e. The van der Waals surface area contributed by atoms with Crippen LogP contribution >= 0.6 is 24.0 Å². The summed E-state index contributed by atoms with van der Waals surface area (Å²) in [5.74, 6) is 2.46. The number of nitrogens with zero attached hydrogens (tertiary/aromatic N) is 1. The lowest BCUT2D eigenvalue weighted by Crippen LogP contribution is -2.40. The van der Waals surface area contributed by atoms with E-state index < -0.39 is 0 Å². The fourth-order valence-corrected chi connectivity index (χ4v) is 2.24. The minimum absolute atomic E-state index is 0. The highest BCUT2D eigenvalue weighted by Gasteiger charge is 2.01. The monoisotopic (exact) mass is 489 g/mol. The molecule has 2 rings (SSSR count). The molecule has 150 valence electrons. The summed E-state index contributed by atoms with van der Waals surface area (Å²) in [6, 6.07) is 11.7. The number of nitrogens with one attached hydrogen (secondary N) is 2. The zero-order chi connectivity index (χ0) is 18.5. The predicted molar refractivity (Wildman–Crippen MR) is 116 cm³/mol. The van der Waals surface area contributed by atoms with Gasteiger partial charge in [0.1, 0.15) is 11.5 Å². The van der Waals surface area contributed by atoms with E-state index in [-0.39, 0.29) is 30.6 Å². The van der Waals surface area contributed by atoms with Crippen LogP contribution in [0, 0.1) is 0 Å². The van der Waals surface area contributed by atoms with Gasteiger partial charge in [0.15, 0.2) is 5.96 Å². The van der Waals surface area contributed by atoms with Crippen LogP contribution < -0.4 is 15.4 Å². The van der Waals surface area contributed by atoms with Crippen LogP contribution in [0.3, 0.4) is 0 Å². The third-order valence-electron chi connectivity index (χ3n) is 3.60. The number of hydrogen-bond donors (Lipinski definition) is 3. The van der Waals surface area contributed by atoms with Crippen molar-refractivity contribution in [2.75, 3.05) is 40.0 Å². The van der Waals surface area contributed by atoms with E-state index in [1.54, 1.807) is 13.4 Å². The molecule has 0 aliphatic carbocycles. The summed E-state index contributed by atoms with van der Waals surface area (Å²) >= 11 is 0. The summed E-state index contributed by atoms with van der Waals surface area (Å²) in [7, 11) is 1.65. The molecule has 0 fully saturated rings. The largest absolute Gasteiger partial charge is 0.497 e. The highest BCUT2D eigenvalue weighted by atomic mass is 127. The van der Waals surface area contributed by atoms with Crippen LogP contribution in [-0.4, -0.2) is 51.1 Å². The Balaban J connectivity index is 0.00000364. The molecule has 1 aromatic carbocycles. The van der Waals surface area contributed by atoms with Gasteiger partial charge in [0.2, 0.25) is 0 Å². The average molecular weight is 489 g/mol. The maximum Gasteiger partial charge on any atom is 0.191 e. The summed E-state index contributed by atoms with van der Waals surface area (Å²) in [5.41, 5.74) is 1.09. The Morgan fingerprint density at radius 1 is 1.11 bits per heavy atom. The molecule has 0 aliphatic rings. The van der Waals surface area contributed by atoms with E-state index in [1.165, 1.54) is 0 Å². The molecule has 0 radical (unpaired) electrons. The standard InChI is InChI=1S/C19H27N3O4.HI/c1-24-17-6-4-16(5-7-17)15-22-19(21-10-13-25-14-11-23)20-9-8-18-3-2-12-26-18;/h2-7,12,23H,8-11,13-15H2,1H3,(H2,20,21,22);1H. The number of aliphatic imine (C=N–C) groups is 1. The number of benzene rings is 1. The molecule has 2 aromatic rings. The highest BCUT2D eigenvalue weighted by molar-refractivity contribution is 14.0. The van der Waals surface area contributed by atoms with Gasteiger partial charge in [-0.25, -0.2) is 4.99 Å². The average Bonchev–Trinajstić information content (AvgIpc) is 3.19. The van der Waals surface area contributed by atoms with Gasteiger partial charge in [-0.15, -0.1) is 24.0 Å². The van der Waals surface area contributed by atoms with E-state index in [2.05, 4.69) is 15.6 Å². The minimum atomic E-state index is 0. The number of aliphatic hydroxyl groups excluding tert-OH is 1. The summed E-state index contributed by atoms with van der Waals surface area (Å²) in [4.78, 5) is 4.60. The SMILES string of the molecule is COc1ccc(CN=C(NCCOCCO)NCCc2ccco2)cc1.I. The second kappa shape index (κ2) is 14.3. The molecule has 0 unspecified atom stereocenters. The Morgan fingerprint density at radius 2 is 1.89 bits per heavy atom. The molecule has 1 heterocycles. The molecule has 1 aromatic heterocycles. The fourth-order valence-electron chi connectivity index (χ4n) is 2.24. The molecule has 0 saturated carbocycles. The van der Waals surface area contributed by atoms with E-state index in [1.807, 2.05) is 36.4 Å². The summed E-state index contributed by atoms with van der Waals surface area (Å²) < 4.78 is 15.8. The van der Waals surface area contributed by atoms with E-state index in [0.29, 0.717) is 38.8 Å². The van der Waals surface area contributed by atoms with Gasteiger partial charge in [-0.2, -0.15) is 0 Å². The van der Waals surface area contributed by atoms with Crippen molar-refractivity contribution in [2.45, 2.75) is 13.0 Å². The molecule has 0 spiro atoms. The fraction of sp³-hybridized carbons (Fsp3) is 0.421. The van der Waals surface area contributed by atoms with Crippen molar-refractivity contribution in [1.29, 1.82) is 0 Å². The van der Waals surface area contributed by atoms with Crippen LogP contribution in [0.1, 0.15) is 11.3 Å². The van der Waals surface area contributed by atoms with E-state index in [0.717, 1.165) is 23.5 Å². The van der Waals surface area contributed by atoms with Crippen molar-refractivity contribution in [3.05, 3.63) is 54.0 Å². The molecule has 0 amide bonds. The summed E-state index contributed by atoms with van der Waals surface area (Å²) in [5, 5.41) is 15.2. The van der Waals surface area contributed by atoms with E-state index >= 15 is 0 Å². The van der Waals surface area contributed by atoms with Crippen molar-refractivity contribution >= 4 is 29.9 Å². The van der Waals surface area contributed by atoms with Crippen LogP contribution in [0.25, 0.3) is 0 Å². The quantitative estimate of drug-likeness (QED) is 0.194. The maximum absolute atomic E-state index is 8.73. The van der Waals surface area contributed by atoms with Gasteiger partial charge in [-0.05, 0) is 29.8 Å². The summed E-state index contributed by atoms with van der Waals surface area (Å²) in [6.07, 6.45) is 2.45. The second-order valence-electron chi connectivity index (χ2n) is 5.53. The number of halogens is 1. The predicted octanol–water partition coefficient (Wildman–Crippen LogP) is 2.19. The number of methoxy groups -OCH3 is 1. The van der Waals surface area contributed by atoms with Crippen LogP contribution in [-0.2, 0) is 17.7 Å². The van der Waals surface area contributed by atoms with Gasteiger partial charge >= 0.3 is 0 Å². The number of hydrogen-bond acceptors (Lipinski definition) is 5. The first-order valence-electron chi connectivity index (χ1n) is 8.68. The third kappa shape index (κ3) is 9.64. The molecule has 0 saturated heterocycles. The number of aliphatic hydroxyl groups is 1. The van der Waals surface area contributed by atoms with Crippen molar-refractivity contribution in [3.8, 4) is 5.75 Å². The van der Waals surface area contributed by atoms with Crippen molar-refractivity contribution in [3.63, 3.8) is 0 Å². The zero-order valence-electron chi connectivity index (χ0n) is 15.5. The lowest BCUT2D eigenvalue weighted by atomic mass is 10.2. The highest BCUT2D eigenvalue weighted by Crippen LogP contribution is 2.11. The lowest BCUT2D eigenvalue weighted by Gasteiger charge is -2.12. The van der Waals surface area contributed by atoms with E-state index in [9.17, 15) is 0 Å². The normalized spacial score (nSPS) is 11.0. The zero-order valence-corrected chi connectivity index (χ0v) is 17.8. The molecule has 0 bridgehead atoms. The molecule has 0 aliphatic heterocycles. The lowest BCUT2D eigenvalue weighted by molar-refractivity contribution is 0.0957. The maximum atomic E-state index is 8.73. The Labute approximate surface area is 177 Å². The van der Waals surface area contributed by atoms with Crippen molar-refractivity contribution in [2.24, 2.45) is 4.99 Å². The molecular weight excluding hydrogens is 461 g/mol. The van der Waals surface area contributed by atoms with E-state index in [4.69, 9.17) is 19.0 Å². The van der Waals surface area contributed by atoms with Crippen molar-refractivity contribution in [1.82, 2.24) is 10.6 Å². The molecule has 0 atom stereocenters. The van der Waals surface area contributed by atoms with Crippen LogP contribution in [0.4, 0.5) is 0 Å². The van der Waals surface area contributed by atoms with Crippen molar-refractivity contribution < 1.29 is 19.0 Å². The summed E-state index contributed by atoms with van der Waals surface area (Å²) in [6.45, 7) is 2.74. The Morgan fingerprint density at radius 3 is 2.56 bits per heavy atom.